The maximum absolute atomic E-state index is 3.69. The van der Waals surface area contributed by atoms with Crippen LogP contribution in [0, 0.1) is 6.92 Å². The highest BCUT2D eigenvalue weighted by Gasteiger charge is 2.29. The molecule has 1 aliphatic heterocycles. The van der Waals surface area contributed by atoms with Crippen molar-refractivity contribution in [2.75, 3.05) is 13.1 Å². The summed E-state index contributed by atoms with van der Waals surface area (Å²) in [5.41, 5.74) is 2.76. The molecule has 1 N–H and O–H groups in total. The summed E-state index contributed by atoms with van der Waals surface area (Å²) in [5, 5.41) is 3.69. The lowest BCUT2D eigenvalue weighted by molar-refractivity contribution is 0.0908. The standard InChI is InChI=1S/C18H30N2/c1-5-19-18(17-11-9-14(2)10-12-17)16(4)20-13-7-6-8-15(20)3/h9-12,15-16,18-19H,5-8,13H2,1-4H3. The maximum atomic E-state index is 3.69. The Bertz CT molecular complexity index is 398. The van der Waals surface area contributed by atoms with E-state index in [1.165, 1.54) is 36.9 Å². The monoisotopic (exact) mass is 274 g/mol. The van der Waals surface area contributed by atoms with Gasteiger partial charge in [0.15, 0.2) is 0 Å². The van der Waals surface area contributed by atoms with E-state index in [0.717, 1.165) is 6.54 Å². The van der Waals surface area contributed by atoms with Crippen LogP contribution in [0.25, 0.3) is 0 Å². The average molecular weight is 274 g/mol. The number of aryl methyl sites for hydroxylation is 1. The van der Waals surface area contributed by atoms with Gasteiger partial charge in [-0.3, -0.25) is 4.90 Å². The molecule has 20 heavy (non-hydrogen) atoms. The predicted molar refractivity (Wildman–Crippen MR) is 87.1 cm³/mol. The maximum Gasteiger partial charge on any atom is 0.0475 e. The number of benzene rings is 1. The molecule has 1 heterocycles. The number of nitrogens with zero attached hydrogens (tertiary/aromatic N) is 1. The topological polar surface area (TPSA) is 15.3 Å². The molecule has 1 aliphatic rings. The second-order valence-electron chi connectivity index (χ2n) is 6.27. The molecule has 0 spiro atoms. The van der Waals surface area contributed by atoms with Crippen molar-refractivity contribution >= 4 is 0 Å². The van der Waals surface area contributed by atoms with Gasteiger partial charge in [0.25, 0.3) is 0 Å². The van der Waals surface area contributed by atoms with Gasteiger partial charge in [-0.2, -0.15) is 0 Å². The van der Waals surface area contributed by atoms with E-state index in [2.05, 4.69) is 62.2 Å². The highest BCUT2D eigenvalue weighted by molar-refractivity contribution is 5.25. The van der Waals surface area contributed by atoms with E-state index >= 15 is 0 Å². The summed E-state index contributed by atoms with van der Waals surface area (Å²) in [5.74, 6) is 0. The van der Waals surface area contributed by atoms with Crippen LogP contribution in [0.1, 0.15) is 57.2 Å². The third kappa shape index (κ3) is 3.62. The molecule has 3 unspecified atom stereocenters. The quantitative estimate of drug-likeness (QED) is 0.876. The van der Waals surface area contributed by atoms with Crippen molar-refractivity contribution in [2.45, 2.75) is 65.1 Å². The fraction of sp³-hybridized carbons (Fsp3) is 0.667. The first-order chi connectivity index (χ1) is 9.63. The van der Waals surface area contributed by atoms with Crippen LogP contribution in [-0.2, 0) is 0 Å². The second kappa shape index (κ2) is 7.24. The molecule has 0 bridgehead atoms. The zero-order valence-electron chi connectivity index (χ0n) is 13.5. The second-order valence-corrected chi connectivity index (χ2v) is 6.27. The number of hydrogen-bond donors (Lipinski definition) is 1. The summed E-state index contributed by atoms with van der Waals surface area (Å²) in [7, 11) is 0. The highest BCUT2D eigenvalue weighted by atomic mass is 15.2. The summed E-state index contributed by atoms with van der Waals surface area (Å²) in [6, 6.07) is 10.7. The van der Waals surface area contributed by atoms with E-state index in [0.29, 0.717) is 18.1 Å². The molecule has 0 radical (unpaired) electrons. The summed E-state index contributed by atoms with van der Waals surface area (Å²) < 4.78 is 0. The molecule has 0 amide bonds. The van der Waals surface area contributed by atoms with Crippen LogP contribution in [0.3, 0.4) is 0 Å². The Labute approximate surface area is 124 Å². The summed E-state index contributed by atoms with van der Waals surface area (Å²) in [6.07, 6.45) is 4.08. The minimum Gasteiger partial charge on any atom is -0.309 e. The van der Waals surface area contributed by atoms with Gasteiger partial charge >= 0.3 is 0 Å². The Morgan fingerprint density at radius 1 is 1.25 bits per heavy atom. The Balaban J connectivity index is 2.16. The predicted octanol–water partition coefficient (Wildman–Crippen LogP) is 3.91. The molecule has 0 aromatic heterocycles. The fourth-order valence-corrected chi connectivity index (χ4v) is 3.48. The van der Waals surface area contributed by atoms with Gasteiger partial charge in [0.05, 0.1) is 0 Å². The molecule has 2 heteroatoms. The van der Waals surface area contributed by atoms with E-state index in [1.807, 2.05) is 0 Å². The summed E-state index contributed by atoms with van der Waals surface area (Å²) >= 11 is 0. The van der Waals surface area contributed by atoms with Gasteiger partial charge in [-0.1, -0.05) is 43.2 Å². The third-order valence-electron chi connectivity index (χ3n) is 4.72. The van der Waals surface area contributed by atoms with Gasteiger partial charge in [-0.05, 0) is 52.3 Å². The molecular formula is C18H30N2. The minimum atomic E-state index is 0.432. The molecule has 0 aliphatic carbocycles. The van der Waals surface area contributed by atoms with Crippen molar-refractivity contribution in [2.24, 2.45) is 0 Å². The SMILES string of the molecule is CCNC(c1ccc(C)cc1)C(C)N1CCCCC1C. The van der Waals surface area contributed by atoms with Gasteiger partial charge < -0.3 is 5.32 Å². The number of piperidine rings is 1. The number of nitrogens with one attached hydrogen (secondary N) is 1. The molecule has 1 aromatic rings. The normalized spacial score (nSPS) is 23.5. The lowest BCUT2D eigenvalue weighted by Crippen LogP contribution is -2.49. The first-order valence-corrected chi connectivity index (χ1v) is 8.19. The Morgan fingerprint density at radius 2 is 1.95 bits per heavy atom. The molecule has 2 nitrogen and oxygen atoms in total. The van der Waals surface area contributed by atoms with Crippen LogP contribution in [0.4, 0.5) is 0 Å². The van der Waals surface area contributed by atoms with Gasteiger partial charge in [-0.25, -0.2) is 0 Å². The molecule has 0 saturated carbocycles. The molecule has 1 aromatic carbocycles. The lowest BCUT2D eigenvalue weighted by atomic mass is 9.94. The van der Waals surface area contributed by atoms with Crippen molar-refractivity contribution in [3.05, 3.63) is 35.4 Å². The van der Waals surface area contributed by atoms with Gasteiger partial charge in [0, 0.05) is 18.1 Å². The van der Waals surface area contributed by atoms with E-state index in [-0.39, 0.29) is 0 Å². The smallest absolute Gasteiger partial charge is 0.0475 e. The summed E-state index contributed by atoms with van der Waals surface area (Å²) in [4.78, 5) is 2.69. The van der Waals surface area contributed by atoms with Crippen LogP contribution in [0.2, 0.25) is 0 Å². The molecule has 2 rings (SSSR count). The number of hydrogen-bond acceptors (Lipinski definition) is 2. The first-order valence-electron chi connectivity index (χ1n) is 8.19. The van der Waals surface area contributed by atoms with E-state index in [4.69, 9.17) is 0 Å². The van der Waals surface area contributed by atoms with Crippen molar-refractivity contribution in [3.63, 3.8) is 0 Å². The van der Waals surface area contributed by atoms with Crippen LogP contribution >= 0.6 is 0 Å². The Morgan fingerprint density at radius 3 is 2.55 bits per heavy atom. The molecule has 1 fully saturated rings. The molecule has 1 saturated heterocycles. The third-order valence-corrected chi connectivity index (χ3v) is 4.72. The van der Waals surface area contributed by atoms with Crippen LogP contribution in [0.15, 0.2) is 24.3 Å². The van der Waals surface area contributed by atoms with E-state index < -0.39 is 0 Å². The van der Waals surface area contributed by atoms with Crippen molar-refractivity contribution in [1.82, 2.24) is 10.2 Å². The Hall–Kier alpha value is -0.860. The van der Waals surface area contributed by atoms with Crippen molar-refractivity contribution in [3.8, 4) is 0 Å². The van der Waals surface area contributed by atoms with Gasteiger partial charge in [0.1, 0.15) is 0 Å². The Kier molecular flexibility index (Phi) is 5.62. The van der Waals surface area contributed by atoms with Gasteiger partial charge in [0.2, 0.25) is 0 Å². The number of likely N-dealkylation sites (N-methyl/N-ethyl adjacent to an activating group) is 1. The highest BCUT2D eigenvalue weighted by Crippen LogP contribution is 2.27. The van der Waals surface area contributed by atoms with E-state index in [9.17, 15) is 0 Å². The van der Waals surface area contributed by atoms with Crippen molar-refractivity contribution < 1.29 is 0 Å². The zero-order valence-corrected chi connectivity index (χ0v) is 13.5. The number of likely N-dealkylation sites (tertiary alicyclic amines) is 1. The van der Waals surface area contributed by atoms with Gasteiger partial charge in [-0.15, -0.1) is 0 Å². The number of rotatable bonds is 5. The van der Waals surface area contributed by atoms with Crippen LogP contribution < -0.4 is 5.32 Å². The lowest BCUT2D eigenvalue weighted by Gasteiger charge is -2.42. The first kappa shape index (κ1) is 15.5. The largest absolute Gasteiger partial charge is 0.309 e. The fourth-order valence-electron chi connectivity index (χ4n) is 3.48. The van der Waals surface area contributed by atoms with Crippen LogP contribution in [-0.4, -0.2) is 30.1 Å². The minimum absolute atomic E-state index is 0.432. The summed E-state index contributed by atoms with van der Waals surface area (Å²) in [6.45, 7) is 11.4. The van der Waals surface area contributed by atoms with Crippen LogP contribution in [0.5, 0.6) is 0 Å². The molecule has 3 atom stereocenters. The van der Waals surface area contributed by atoms with E-state index in [1.54, 1.807) is 0 Å². The average Bonchev–Trinajstić information content (AvgIpc) is 2.46. The molecular weight excluding hydrogens is 244 g/mol. The zero-order chi connectivity index (χ0) is 14.5. The van der Waals surface area contributed by atoms with Crippen molar-refractivity contribution in [1.29, 1.82) is 0 Å². The molecule has 112 valence electrons.